The summed E-state index contributed by atoms with van der Waals surface area (Å²) in [5.74, 6) is 1.34. The fraction of sp³-hybridized carbons (Fsp3) is 0.222. The Kier molecular flexibility index (Phi) is 5.82. The second-order valence-corrected chi connectivity index (χ2v) is 5.26. The maximum atomic E-state index is 5.37. The summed E-state index contributed by atoms with van der Waals surface area (Å²) in [6.45, 7) is 2.68. The quantitative estimate of drug-likeness (QED) is 0.757. The topological polar surface area (TPSA) is 56.3 Å². The molecule has 24 heavy (non-hydrogen) atoms. The van der Waals surface area contributed by atoms with Crippen LogP contribution in [0.1, 0.15) is 11.3 Å². The first-order valence-electron chi connectivity index (χ1n) is 7.37. The Labute approximate surface area is 147 Å². The van der Waals surface area contributed by atoms with E-state index in [9.17, 15) is 0 Å². The zero-order chi connectivity index (χ0) is 16.2. The van der Waals surface area contributed by atoms with Crippen molar-refractivity contribution < 1.29 is 9.47 Å². The summed E-state index contributed by atoms with van der Waals surface area (Å²) in [5.41, 5.74) is 4.04. The Bertz CT molecular complexity index is 822. The van der Waals surface area contributed by atoms with Crippen LogP contribution in [-0.4, -0.2) is 24.2 Å². The molecule has 0 bridgehead atoms. The molecule has 3 rings (SSSR count). The minimum Gasteiger partial charge on any atom is -0.493 e. The number of ether oxygens (including phenoxy) is 2. The minimum atomic E-state index is 0. The molecule has 1 aromatic heterocycles. The fourth-order valence-electron chi connectivity index (χ4n) is 2.43. The van der Waals surface area contributed by atoms with Gasteiger partial charge >= 0.3 is 0 Å². The van der Waals surface area contributed by atoms with Gasteiger partial charge in [0.1, 0.15) is 6.33 Å². The number of aromatic nitrogens is 2. The fourth-order valence-corrected chi connectivity index (χ4v) is 2.43. The molecule has 0 unspecified atom stereocenters. The largest absolute Gasteiger partial charge is 0.493 e. The third-order valence-electron chi connectivity index (χ3n) is 3.73. The molecule has 0 aliphatic heterocycles. The van der Waals surface area contributed by atoms with Crippen LogP contribution in [0.2, 0.25) is 0 Å². The van der Waals surface area contributed by atoms with E-state index in [2.05, 4.69) is 46.5 Å². The molecular weight excluding hydrogens is 326 g/mol. The normalized spacial score (nSPS) is 10.1. The lowest BCUT2D eigenvalue weighted by Gasteiger charge is -2.12. The molecule has 0 amide bonds. The molecule has 0 saturated heterocycles. The van der Waals surface area contributed by atoms with Crippen molar-refractivity contribution in [3.8, 4) is 11.5 Å². The Hall–Kier alpha value is -2.53. The van der Waals surface area contributed by atoms with Gasteiger partial charge in [-0.25, -0.2) is 9.97 Å². The molecule has 1 N–H and O–H groups in total. The van der Waals surface area contributed by atoms with Crippen LogP contribution in [-0.2, 0) is 6.54 Å². The summed E-state index contributed by atoms with van der Waals surface area (Å²) < 4.78 is 10.7. The predicted molar refractivity (Wildman–Crippen MR) is 98.4 cm³/mol. The molecule has 3 aromatic rings. The first-order valence-corrected chi connectivity index (χ1v) is 7.37. The number of fused-ring (bicyclic) bond motifs is 1. The summed E-state index contributed by atoms with van der Waals surface area (Å²) in [5, 5.41) is 4.33. The van der Waals surface area contributed by atoms with Crippen LogP contribution in [0.15, 0.2) is 42.7 Å². The number of hydrogen-bond donors (Lipinski definition) is 1. The molecule has 0 aliphatic carbocycles. The van der Waals surface area contributed by atoms with Gasteiger partial charge in [-0.15, -0.1) is 12.4 Å². The zero-order valence-corrected chi connectivity index (χ0v) is 14.7. The van der Waals surface area contributed by atoms with Crippen LogP contribution in [0.5, 0.6) is 11.5 Å². The highest BCUT2D eigenvalue weighted by Gasteiger charge is 2.10. The van der Waals surface area contributed by atoms with Crippen LogP contribution in [0.3, 0.4) is 0 Å². The van der Waals surface area contributed by atoms with Gasteiger partial charge in [0.15, 0.2) is 11.5 Å². The van der Waals surface area contributed by atoms with E-state index >= 15 is 0 Å². The number of methoxy groups -OCH3 is 2. The first kappa shape index (κ1) is 17.8. The standard InChI is InChI=1S/C18H19N3O2.ClH/c1-12-4-6-13(7-5-12)19-10-16-14-8-17(22-2)18(23-3)9-15(14)20-11-21-16;/h4-9,11,19H,10H2,1-3H3;1H. The van der Waals surface area contributed by atoms with Gasteiger partial charge in [-0.05, 0) is 25.1 Å². The summed E-state index contributed by atoms with van der Waals surface area (Å²) >= 11 is 0. The summed E-state index contributed by atoms with van der Waals surface area (Å²) in [4.78, 5) is 8.72. The van der Waals surface area contributed by atoms with E-state index in [1.54, 1.807) is 20.5 Å². The molecule has 126 valence electrons. The van der Waals surface area contributed by atoms with Crippen LogP contribution >= 0.6 is 12.4 Å². The SMILES string of the molecule is COc1cc2ncnc(CNc3ccc(C)cc3)c2cc1OC.Cl. The molecule has 5 nitrogen and oxygen atoms in total. The molecule has 2 aromatic carbocycles. The number of anilines is 1. The van der Waals surface area contributed by atoms with Gasteiger partial charge in [-0.3, -0.25) is 0 Å². The minimum absolute atomic E-state index is 0. The summed E-state index contributed by atoms with van der Waals surface area (Å²) in [6.07, 6.45) is 1.57. The first-order chi connectivity index (χ1) is 11.2. The number of benzene rings is 2. The molecule has 0 spiro atoms. The van der Waals surface area contributed by atoms with E-state index in [1.807, 2.05) is 12.1 Å². The monoisotopic (exact) mass is 345 g/mol. The van der Waals surface area contributed by atoms with Gasteiger partial charge in [0, 0.05) is 17.1 Å². The van der Waals surface area contributed by atoms with Crippen molar-refractivity contribution in [3.05, 3.63) is 54.0 Å². The number of rotatable bonds is 5. The van der Waals surface area contributed by atoms with Crippen molar-refractivity contribution >= 4 is 29.0 Å². The lowest BCUT2D eigenvalue weighted by Crippen LogP contribution is -2.03. The number of halogens is 1. The average molecular weight is 346 g/mol. The number of hydrogen-bond acceptors (Lipinski definition) is 5. The van der Waals surface area contributed by atoms with E-state index in [4.69, 9.17) is 9.47 Å². The van der Waals surface area contributed by atoms with Crippen LogP contribution in [0, 0.1) is 6.92 Å². The second-order valence-electron chi connectivity index (χ2n) is 5.26. The van der Waals surface area contributed by atoms with E-state index in [1.165, 1.54) is 5.56 Å². The summed E-state index contributed by atoms with van der Waals surface area (Å²) in [6, 6.07) is 12.1. The Balaban J connectivity index is 0.00000208. The lowest BCUT2D eigenvalue weighted by atomic mass is 10.1. The van der Waals surface area contributed by atoms with Crippen molar-refractivity contribution in [2.45, 2.75) is 13.5 Å². The van der Waals surface area contributed by atoms with E-state index in [-0.39, 0.29) is 12.4 Å². The highest BCUT2D eigenvalue weighted by Crippen LogP contribution is 2.32. The van der Waals surface area contributed by atoms with E-state index < -0.39 is 0 Å². The van der Waals surface area contributed by atoms with Crippen LogP contribution < -0.4 is 14.8 Å². The van der Waals surface area contributed by atoms with Crippen molar-refractivity contribution in [2.75, 3.05) is 19.5 Å². The van der Waals surface area contributed by atoms with Crippen molar-refractivity contribution in [3.63, 3.8) is 0 Å². The predicted octanol–water partition coefficient (Wildman–Crippen LogP) is 3.99. The second kappa shape index (κ2) is 7.84. The van der Waals surface area contributed by atoms with Gasteiger partial charge < -0.3 is 14.8 Å². The van der Waals surface area contributed by atoms with Gasteiger partial charge in [-0.1, -0.05) is 17.7 Å². The molecule has 0 fully saturated rings. The van der Waals surface area contributed by atoms with Gasteiger partial charge in [0.2, 0.25) is 0 Å². The van der Waals surface area contributed by atoms with Gasteiger partial charge in [0.05, 0.1) is 32.0 Å². The Morgan fingerprint density at radius 3 is 2.29 bits per heavy atom. The highest BCUT2D eigenvalue weighted by molar-refractivity contribution is 5.85. The lowest BCUT2D eigenvalue weighted by molar-refractivity contribution is 0.355. The molecule has 1 heterocycles. The molecule has 0 radical (unpaired) electrons. The molecule has 0 aliphatic rings. The third kappa shape index (κ3) is 3.68. The van der Waals surface area contributed by atoms with Crippen molar-refractivity contribution in [2.24, 2.45) is 0 Å². The zero-order valence-electron chi connectivity index (χ0n) is 13.9. The van der Waals surface area contributed by atoms with Gasteiger partial charge in [0.25, 0.3) is 0 Å². The third-order valence-corrected chi connectivity index (χ3v) is 3.73. The van der Waals surface area contributed by atoms with E-state index in [0.29, 0.717) is 18.0 Å². The average Bonchev–Trinajstić information content (AvgIpc) is 2.60. The smallest absolute Gasteiger partial charge is 0.162 e. The summed E-state index contributed by atoms with van der Waals surface area (Å²) in [7, 11) is 3.24. The van der Waals surface area contributed by atoms with Gasteiger partial charge in [-0.2, -0.15) is 0 Å². The number of nitrogens with zero attached hydrogens (tertiary/aromatic N) is 2. The van der Waals surface area contributed by atoms with Crippen molar-refractivity contribution in [1.82, 2.24) is 9.97 Å². The molecule has 6 heteroatoms. The van der Waals surface area contributed by atoms with Crippen molar-refractivity contribution in [1.29, 1.82) is 0 Å². The number of aryl methyl sites for hydroxylation is 1. The van der Waals surface area contributed by atoms with Crippen LogP contribution in [0.25, 0.3) is 10.9 Å². The Morgan fingerprint density at radius 1 is 0.958 bits per heavy atom. The molecule has 0 atom stereocenters. The molecule has 0 saturated carbocycles. The Morgan fingerprint density at radius 2 is 1.62 bits per heavy atom. The molecular formula is C18H20ClN3O2. The van der Waals surface area contributed by atoms with Crippen LogP contribution in [0.4, 0.5) is 5.69 Å². The highest BCUT2D eigenvalue weighted by atomic mass is 35.5. The maximum Gasteiger partial charge on any atom is 0.162 e. The van der Waals surface area contributed by atoms with E-state index in [0.717, 1.165) is 22.3 Å². The maximum absolute atomic E-state index is 5.37. The number of nitrogens with one attached hydrogen (secondary N) is 1.